The molecule has 0 bridgehead atoms. The third-order valence-corrected chi connectivity index (χ3v) is 3.46. The lowest BCUT2D eigenvalue weighted by atomic mass is 10.2. The van der Waals surface area contributed by atoms with Gasteiger partial charge in [0.25, 0.3) is 5.91 Å². The van der Waals surface area contributed by atoms with Gasteiger partial charge >= 0.3 is 0 Å². The highest BCUT2D eigenvalue weighted by Crippen LogP contribution is 2.18. The highest BCUT2D eigenvalue weighted by molar-refractivity contribution is 7.97. The van der Waals surface area contributed by atoms with E-state index in [9.17, 15) is 4.79 Å². The second kappa shape index (κ2) is 7.19. The van der Waals surface area contributed by atoms with E-state index in [0.29, 0.717) is 10.6 Å². The molecular weight excluding hydrogens is 296 g/mol. The Morgan fingerprint density at radius 3 is 2.35 bits per heavy atom. The maximum Gasteiger partial charge on any atom is 0.266 e. The van der Waals surface area contributed by atoms with Crippen LogP contribution in [-0.4, -0.2) is 13.0 Å². The molecule has 20 heavy (non-hydrogen) atoms. The Balaban J connectivity index is 1.82. The van der Waals surface area contributed by atoms with Gasteiger partial charge in [0.05, 0.1) is 7.11 Å². The zero-order chi connectivity index (χ0) is 14.4. The Kier molecular flexibility index (Phi) is 5.29. The van der Waals surface area contributed by atoms with Crippen molar-refractivity contribution < 1.29 is 9.53 Å². The van der Waals surface area contributed by atoms with Gasteiger partial charge in [0.15, 0.2) is 0 Å². The van der Waals surface area contributed by atoms with Crippen molar-refractivity contribution in [2.75, 3.05) is 7.11 Å². The van der Waals surface area contributed by atoms with Crippen molar-refractivity contribution in [2.45, 2.75) is 4.90 Å². The van der Waals surface area contributed by atoms with Crippen LogP contribution < -0.4 is 15.0 Å². The minimum atomic E-state index is -0.220. The van der Waals surface area contributed by atoms with E-state index in [-0.39, 0.29) is 5.91 Å². The number of halogens is 1. The lowest BCUT2D eigenvalue weighted by molar-refractivity contribution is 0.0947. The third-order valence-electron chi connectivity index (χ3n) is 2.50. The zero-order valence-electron chi connectivity index (χ0n) is 10.7. The Labute approximate surface area is 126 Å². The van der Waals surface area contributed by atoms with Crippen LogP contribution in [0.4, 0.5) is 0 Å². The number of methoxy groups -OCH3 is 1. The summed E-state index contributed by atoms with van der Waals surface area (Å²) in [6.07, 6.45) is 0. The molecule has 6 heteroatoms. The predicted molar refractivity (Wildman–Crippen MR) is 80.9 cm³/mol. The number of hydrogen-bond donors (Lipinski definition) is 2. The van der Waals surface area contributed by atoms with Crippen LogP contribution in [0.2, 0.25) is 5.02 Å². The standard InChI is InChI=1S/C14H13ClN2O2S/c1-19-12-6-8-13(9-7-12)20-17-16-14(18)10-2-4-11(15)5-3-10/h2-9,17H,1H3,(H,16,18). The van der Waals surface area contributed by atoms with Crippen molar-refractivity contribution in [3.8, 4) is 5.75 Å². The number of ether oxygens (including phenoxy) is 1. The molecule has 2 aromatic rings. The summed E-state index contributed by atoms with van der Waals surface area (Å²) in [7, 11) is 1.62. The summed E-state index contributed by atoms with van der Waals surface area (Å²) in [5.41, 5.74) is 3.13. The van der Waals surface area contributed by atoms with Gasteiger partial charge < -0.3 is 4.74 Å². The van der Waals surface area contributed by atoms with Gasteiger partial charge in [0, 0.05) is 15.5 Å². The lowest BCUT2D eigenvalue weighted by Crippen LogP contribution is -2.32. The SMILES string of the molecule is COc1ccc(SNNC(=O)c2ccc(Cl)cc2)cc1. The number of nitrogens with one attached hydrogen (secondary N) is 2. The molecule has 4 nitrogen and oxygen atoms in total. The summed E-state index contributed by atoms with van der Waals surface area (Å²) in [5, 5.41) is 0.599. The Bertz CT molecular complexity index is 573. The fraction of sp³-hybridized carbons (Fsp3) is 0.0714. The maximum atomic E-state index is 11.8. The van der Waals surface area contributed by atoms with Gasteiger partial charge in [-0.1, -0.05) is 11.6 Å². The normalized spacial score (nSPS) is 10.1. The first kappa shape index (κ1) is 14.7. The summed E-state index contributed by atoms with van der Waals surface area (Å²) in [4.78, 5) is 15.6. The third kappa shape index (κ3) is 4.16. The molecule has 0 aromatic heterocycles. The molecule has 0 saturated carbocycles. The molecule has 0 radical (unpaired) electrons. The first-order valence-electron chi connectivity index (χ1n) is 5.81. The van der Waals surface area contributed by atoms with Crippen LogP contribution in [-0.2, 0) is 0 Å². The Hall–Kier alpha value is -1.69. The number of hydrazine groups is 1. The summed E-state index contributed by atoms with van der Waals surface area (Å²) >= 11 is 7.07. The zero-order valence-corrected chi connectivity index (χ0v) is 12.3. The van der Waals surface area contributed by atoms with E-state index in [1.165, 1.54) is 11.9 Å². The van der Waals surface area contributed by atoms with Crippen molar-refractivity contribution >= 4 is 29.5 Å². The average Bonchev–Trinajstić information content (AvgIpc) is 2.48. The minimum Gasteiger partial charge on any atom is -0.497 e. The van der Waals surface area contributed by atoms with Crippen molar-refractivity contribution in [3.63, 3.8) is 0 Å². The molecular formula is C14H13ClN2O2S. The van der Waals surface area contributed by atoms with Gasteiger partial charge in [-0.2, -0.15) is 4.83 Å². The van der Waals surface area contributed by atoms with Crippen LogP contribution in [0.1, 0.15) is 10.4 Å². The number of benzene rings is 2. The largest absolute Gasteiger partial charge is 0.497 e. The van der Waals surface area contributed by atoms with Crippen LogP contribution in [0.3, 0.4) is 0 Å². The van der Waals surface area contributed by atoms with E-state index < -0.39 is 0 Å². The van der Waals surface area contributed by atoms with E-state index in [1.807, 2.05) is 24.3 Å². The van der Waals surface area contributed by atoms with Gasteiger partial charge in [-0.3, -0.25) is 10.2 Å². The monoisotopic (exact) mass is 308 g/mol. The molecule has 2 aromatic carbocycles. The fourth-order valence-electron chi connectivity index (χ4n) is 1.45. The first-order chi connectivity index (χ1) is 9.69. The summed E-state index contributed by atoms with van der Waals surface area (Å²) in [5.74, 6) is 0.572. The Morgan fingerprint density at radius 2 is 1.75 bits per heavy atom. The van der Waals surface area contributed by atoms with Gasteiger partial charge in [-0.15, -0.1) is 0 Å². The maximum absolute atomic E-state index is 11.8. The molecule has 2 rings (SSSR count). The molecule has 0 aliphatic heterocycles. The van der Waals surface area contributed by atoms with Gasteiger partial charge in [0.2, 0.25) is 0 Å². The highest BCUT2D eigenvalue weighted by Gasteiger charge is 2.04. The van der Waals surface area contributed by atoms with Crippen LogP contribution in [0.15, 0.2) is 53.4 Å². The summed E-state index contributed by atoms with van der Waals surface area (Å²) in [6, 6.07) is 14.2. The first-order valence-corrected chi connectivity index (χ1v) is 7.00. The molecule has 1 amide bonds. The van der Waals surface area contributed by atoms with Crippen molar-refractivity contribution in [1.29, 1.82) is 0 Å². The lowest BCUT2D eigenvalue weighted by Gasteiger charge is -2.07. The second-order valence-electron chi connectivity index (χ2n) is 3.84. The molecule has 0 atom stereocenters. The molecule has 0 aliphatic carbocycles. The summed E-state index contributed by atoms with van der Waals surface area (Å²) in [6.45, 7) is 0. The van der Waals surface area contributed by atoms with Gasteiger partial charge in [-0.25, -0.2) is 0 Å². The topological polar surface area (TPSA) is 50.4 Å². The second-order valence-corrected chi connectivity index (χ2v) is 5.16. The smallest absolute Gasteiger partial charge is 0.266 e. The van der Waals surface area contributed by atoms with E-state index >= 15 is 0 Å². The number of carbonyl (C=O) groups is 1. The quantitative estimate of drug-likeness (QED) is 0.657. The molecule has 0 unspecified atom stereocenters. The molecule has 2 N–H and O–H groups in total. The van der Waals surface area contributed by atoms with E-state index in [2.05, 4.69) is 10.3 Å². The molecule has 0 saturated heterocycles. The Morgan fingerprint density at radius 1 is 1.10 bits per heavy atom. The van der Waals surface area contributed by atoms with Crippen LogP contribution in [0, 0.1) is 0 Å². The van der Waals surface area contributed by atoms with Gasteiger partial charge in [0.1, 0.15) is 5.75 Å². The minimum absolute atomic E-state index is 0.220. The van der Waals surface area contributed by atoms with Crippen LogP contribution in [0.5, 0.6) is 5.75 Å². The van der Waals surface area contributed by atoms with E-state index in [0.717, 1.165) is 10.6 Å². The fourth-order valence-corrected chi connectivity index (χ4v) is 2.11. The molecule has 0 fully saturated rings. The van der Waals surface area contributed by atoms with Crippen LogP contribution in [0.25, 0.3) is 0 Å². The molecule has 0 spiro atoms. The number of rotatable bonds is 5. The molecule has 104 valence electrons. The van der Waals surface area contributed by atoms with Crippen molar-refractivity contribution in [1.82, 2.24) is 10.3 Å². The average molecular weight is 309 g/mol. The number of carbonyl (C=O) groups excluding carboxylic acids is 1. The van der Waals surface area contributed by atoms with E-state index in [1.54, 1.807) is 31.4 Å². The number of hydrogen-bond acceptors (Lipinski definition) is 4. The molecule has 0 aliphatic rings. The molecule has 0 heterocycles. The summed E-state index contributed by atoms with van der Waals surface area (Å²) < 4.78 is 5.07. The van der Waals surface area contributed by atoms with Crippen LogP contribution >= 0.6 is 23.5 Å². The van der Waals surface area contributed by atoms with Crippen molar-refractivity contribution in [3.05, 3.63) is 59.1 Å². The van der Waals surface area contributed by atoms with E-state index in [4.69, 9.17) is 16.3 Å². The van der Waals surface area contributed by atoms with Crippen molar-refractivity contribution in [2.24, 2.45) is 0 Å². The predicted octanol–water partition coefficient (Wildman–Crippen LogP) is 3.29. The highest BCUT2D eigenvalue weighted by atomic mass is 35.5. The van der Waals surface area contributed by atoms with Gasteiger partial charge in [-0.05, 0) is 60.5 Å². The number of amides is 1.